The second-order valence-corrected chi connectivity index (χ2v) is 30.8. The highest BCUT2D eigenvalue weighted by Gasteiger charge is 2.37. The van der Waals surface area contributed by atoms with Crippen LogP contribution in [0.2, 0.25) is 0 Å². The topological polar surface area (TPSA) is 393 Å². The zero-order valence-corrected chi connectivity index (χ0v) is 66.0. The number of para-hydroxylation sites is 6. The highest BCUT2D eigenvalue weighted by Crippen LogP contribution is 2.37. The number of aldehydes is 2. The molecule has 17 rings (SSSR count). The number of nitriles is 1. The molecule has 616 valence electrons. The van der Waals surface area contributed by atoms with Crippen molar-refractivity contribution in [2.45, 2.75) is 151 Å². The van der Waals surface area contributed by atoms with Gasteiger partial charge in [0, 0.05) is 114 Å². The Labute approximate surface area is 675 Å². The van der Waals surface area contributed by atoms with E-state index < -0.39 is 5.41 Å². The van der Waals surface area contributed by atoms with Crippen LogP contribution in [0.1, 0.15) is 157 Å². The molecule has 0 spiro atoms. The molecule has 0 unspecified atom stereocenters. The van der Waals surface area contributed by atoms with Gasteiger partial charge in [-0.3, -0.25) is 51.8 Å². The fourth-order valence-corrected chi connectivity index (χ4v) is 17.0. The number of benzene rings is 5. The van der Waals surface area contributed by atoms with Crippen molar-refractivity contribution < 1.29 is 43.1 Å². The van der Waals surface area contributed by atoms with Gasteiger partial charge in [-0.2, -0.15) is 5.26 Å². The maximum absolute atomic E-state index is 12.5. The van der Waals surface area contributed by atoms with Crippen LogP contribution >= 0.6 is 0 Å². The first-order valence-electron chi connectivity index (χ1n) is 40.4. The van der Waals surface area contributed by atoms with E-state index in [-0.39, 0.29) is 76.1 Å². The number of methoxy groups -OCH3 is 1. The van der Waals surface area contributed by atoms with Gasteiger partial charge in [0.1, 0.15) is 18.3 Å². The van der Waals surface area contributed by atoms with Crippen molar-refractivity contribution in [3.8, 4) is 11.8 Å². The molecule has 30 heteroatoms. The van der Waals surface area contributed by atoms with Crippen LogP contribution in [0.3, 0.4) is 0 Å². The zero-order valence-electron chi connectivity index (χ0n) is 66.0. The molecule has 6 amide bonds. The van der Waals surface area contributed by atoms with Crippen molar-refractivity contribution in [2.24, 2.45) is 23.5 Å². The highest BCUT2D eigenvalue weighted by molar-refractivity contribution is 5.78. The van der Waals surface area contributed by atoms with Crippen LogP contribution in [0.15, 0.2) is 170 Å². The van der Waals surface area contributed by atoms with Crippen molar-refractivity contribution in [3.05, 3.63) is 209 Å². The van der Waals surface area contributed by atoms with Gasteiger partial charge in [0.15, 0.2) is 5.65 Å². The minimum absolute atomic E-state index is 0.0220. The van der Waals surface area contributed by atoms with Crippen molar-refractivity contribution >= 4 is 94.7 Å². The minimum atomic E-state index is -0.402. The van der Waals surface area contributed by atoms with Crippen molar-refractivity contribution in [3.63, 3.8) is 0 Å². The molecule has 10 heterocycles. The Kier molecular flexibility index (Phi) is 30.4. The van der Waals surface area contributed by atoms with Gasteiger partial charge in [0.2, 0.25) is 38.0 Å². The number of hydrogen-bond donors (Lipinski definition) is 5. The van der Waals surface area contributed by atoms with E-state index in [1.807, 2.05) is 117 Å². The van der Waals surface area contributed by atoms with Crippen LogP contribution in [0.25, 0.3) is 44.1 Å². The number of aromatic nitrogens is 9. The molecule has 0 radical (unpaired) electrons. The Morgan fingerprint density at radius 2 is 0.821 bits per heavy atom. The number of likely N-dealkylation sites (tertiary alicyclic amines) is 5. The Bertz CT molecular complexity index is 5060. The molecule has 5 aromatic carbocycles. The Balaban J connectivity index is 0.000000135. The van der Waals surface area contributed by atoms with Gasteiger partial charge in [0.25, 0.3) is 5.56 Å². The lowest BCUT2D eigenvalue weighted by atomic mass is 9.74. The summed E-state index contributed by atoms with van der Waals surface area (Å²) in [5.74, 6) is 1.59. The predicted octanol–water partition coefficient (Wildman–Crippen LogP) is 8.59. The number of amides is 6. The van der Waals surface area contributed by atoms with Crippen molar-refractivity contribution in [2.75, 3.05) is 72.6 Å². The summed E-state index contributed by atoms with van der Waals surface area (Å²) >= 11 is 0. The summed E-state index contributed by atoms with van der Waals surface area (Å²) in [6, 6.07) is 47.1. The average molecular weight is 1600 g/mol. The molecule has 2 aliphatic carbocycles. The summed E-state index contributed by atoms with van der Waals surface area (Å²) in [5.41, 5.74) is 12.0. The van der Waals surface area contributed by atoms with Crippen molar-refractivity contribution in [1.82, 2.24) is 67.7 Å². The van der Waals surface area contributed by atoms with Crippen LogP contribution in [-0.4, -0.2) is 191 Å². The minimum Gasteiger partial charge on any atom is -0.496 e. The number of pyridine rings is 1. The lowest BCUT2D eigenvalue weighted by molar-refractivity contribution is -0.126. The van der Waals surface area contributed by atoms with E-state index >= 15 is 0 Å². The monoisotopic (exact) mass is 1600 g/mol. The number of aromatic amines is 4. The first-order valence-corrected chi connectivity index (χ1v) is 40.4. The van der Waals surface area contributed by atoms with E-state index in [0.717, 1.165) is 187 Å². The molecule has 30 nitrogen and oxygen atoms in total. The maximum Gasteiger partial charge on any atom is 0.329 e. The number of imidazole rings is 3. The van der Waals surface area contributed by atoms with Gasteiger partial charge in [-0.25, -0.2) is 24.2 Å². The first kappa shape index (κ1) is 85.3. The molecule has 10 aromatic rings. The Hall–Kier alpha value is -12.6. The molecular weight excluding hydrogens is 1490 g/mol. The number of hydrogen-bond acceptors (Lipinski definition) is 16. The van der Waals surface area contributed by atoms with E-state index in [2.05, 4.69) is 37.1 Å². The largest absolute Gasteiger partial charge is 0.496 e. The Morgan fingerprint density at radius 3 is 1.30 bits per heavy atom. The van der Waals surface area contributed by atoms with E-state index in [4.69, 9.17) is 10.5 Å². The normalized spacial score (nSPS) is 19.7. The van der Waals surface area contributed by atoms with Gasteiger partial charge in [0.05, 0.1) is 57.1 Å². The number of primary amides is 1. The first-order chi connectivity index (χ1) is 57.0. The third-order valence-electron chi connectivity index (χ3n) is 23.9. The summed E-state index contributed by atoms with van der Waals surface area (Å²) in [6.07, 6.45) is 23.1. The molecule has 7 aliphatic rings. The number of piperidine rings is 5. The van der Waals surface area contributed by atoms with E-state index in [9.17, 15) is 67.6 Å². The van der Waals surface area contributed by atoms with Gasteiger partial charge in [-0.05, 0) is 187 Å². The second kappa shape index (κ2) is 41.7. The molecule has 0 bridgehead atoms. The average Bonchev–Trinajstić information content (AvgIpc) is 1.72. The summed E-state index contributed by atoms with van der Waals surface area (Å²) in [7, 11) is 1.71. The maximum atomic E-state index is 12.5. The van der Waals surface area contributed by atoms with Crippen LogP contribution in [-0.2, 0) is 43.8 Å². The number of nitrogens with zero attached hydrogens (tertiary/aromatic N) is 11. The molecule has 2 saturated carbocycles. The van der Waals surface area contributed by atoms with Gasteiger partial charge < -0.3 is 64.5 Å². The zero-order chi connectivity index (χ0) is 82.8. The number of ether oxygens (including phenoxy) is 1. The summed E-state index contributed by atoms with van der Waals surface area (Å²) in [4.78, 5) is 170. The third kappa shape index (κ3) is 21.3. The number of rotatable bonds is 15. The SMILES string of the molecule is COc1ccccc1C1CCN(C=O)CC1.N#CC1(c2ccccc2)CCN(C=O)CC1.NC(=O)C1CCN(C=O)CC1.O=CC1CCC(n2c(=O)[nH]c3ccccc32)CC1.O=CC1CCC(n2c(=O)[nH]c3ccccc32)CC1.O=CN1CCC(n2c(=O)[nH]c3ccccc3c2=O)CC1.O=CN1CCC(n2c(=O)[nH]c3cccnc32)CC1. The Morgan fingerprint density at radius 1 is 0.436 bits per heavy atom. The molecule has 117 heavy (non-hydrogen) atoms. The lowest BCUT2D eigenvalue weighted by Crippen LogP contribution is -2.43. The van der Waals surface area contributed by atoms with Crippen LogP contribution in [0, 0.1) is 29.1 Å². The van der Waals surface area contributed by atoms with Crippen LogP contribution < -0.4 is 38.8 Å². The van der Waals surface area contributed by atoms with E-state index in [0.29, 0.717) is 101 Å². The smallest absolute Gasteiger partial charge is 0.329 e. The van der Waals surface area contributed by atoms with Crippen LogP contribution in [0.5, 0.6) is 5.75 Å². The fourth-order valence-electron chi connectivity index (χ4n) is 17.0. The number of fused-ring (bicyclic) bond motifs is 4. The molecule has 6 N–H and O–H groups in total. The molecule has 5 aliphatic heterocycles. The highest BCUT2D eigenvalue weighted by atomic mass is 16.5. The fraction of sp³-hybridized carbons (Fsp3) is 0.437. The number of H-pyrrole nitrogens is 4. The standard InChI is InChI=1S/C14H15N3O3.2C14H16N2O2.C13H14N2O.C13H17NO2.C12H14N4O2.C7H12N2O2/c18-9-16-7-5-10(6-8-16)17-13(19)11-3-1-2-4-12(11)15-14(17)20;2*17-9-10-5-7-11(8-6-10)16-13-4-2-1-3-12(13)15-14(16)18;14-10-13(12-4-2-1-3-5-12)6-8-15(11-16)9-7-13;1-16-13-5-3-2-4-12(13)11-6-8-14(10-15)9-7-11;17-8-15-6-3-9(4-7-15)16-11-10(14-12(16)18)2-1-5-13-11;8-7(11)6-1-3-9(5-10)4-2-6/h1-4,9-10H,5-8H2,(H,15,20);2*1-4,9-11H,5-8H2,(H,15,18);1-5,11H,6-9H2;2-5,10-11H,6-9H2,1H3;1-2,5,8-9H,3-4,6-7H2,(H,14,18);5-6H,1-4H2,(H2,8,11). The number of nitrogens with two attached hydrogens (primary N) is 1. The summed E-state index contributed by atoms with van der Waals surface area (Å²) < 4.78 is 12.1. The van der Waals surface area contributed by atoms with Gasteiger partial charge in [-0.15, -0.1) is 0 Å². The molecule has 7 fully saturated rings. The number of carbonyl (C=O) groups excluding carboxylic acids is 8. The number of carbonyl (C=O) groups is 8. The molecule has 5 saturated heterocycles. The van der Waals surface area contributed by atoms with Crippen molar-refractivity contribution in [1.29, 1.82) is 5.26 Å². The molecule has 5 aromatic heterocycles. The van der Waals surface area contributed by atoms with Crippen LogP contribution in [0.4, 0.5) is 0 Å². The molecular formula is C87H104N16O14. The molecule has 0 atom stereocenters. The van der Waals surface area contributed by atoms with Gasteiger partial charge in [-0.1, -0.05) is 84.9 Å². The summed E-state index contributed by atoms with van der Waals surface area (Å²) in [6.45, 7) is 6.92. The third-order valence-corrected chi connectivity index (χ3v) is 23.9. The second-order valence-electron chi connectivity index (χ2n) is 30.8. The number of nitrogens with one attached hydrogen (secondary N) is 4. The van der Waals surface area contributed by atoms with E-state index in [1.54, 1.807) is 67.8 Å². The summed E-state index contributed by atoms with van der Waals surface area (Å²) in [5, 5.41) is 9.92. The van der Waals surface area contributed by atoms with Gasteiger partial charge >= 0.3 is 22.8 Å². The quantitative estimate of drug-likeness (QED) is 0.0600. The van der Waals surface area contributed by atoms with E-state index in [1.165, 1.54) is 10.1 Å². The lowest BCUT2D eigenvalue weighted by Gasteiger charge is -2.35. The predicted molar refractivity (Wildman–Crippen MR) is 443 cm³/mol.